The van der Waals surface area contributed by atoms with Crippen LogP contribution in [0.25, 0.3) is 11.3 Å². The molecule has 1 aliphatic heterocycles. The number of rotatable bonds is 7. The highest BCUT2D eigenvalue weighted by molar-refractivity contribution is 8.00. The van der Waals surface area contributed by atoms with Crippen LogP contribution < -0.4 is 5.32 Å². The van der Waals surface area contributed by atoms with Crippen molar-refractivity contribution in [3.05, 3.63) is 60.8 Å². The van der Waals surface area contributed by atoms with Crippen molar-refractivity contribution in [2.24, 2.45) is 7.05 Å². The van der Waals surface area contributed by atoms with Gasteiger partial charge in [-0.3, -0.25) is 4.79 Å². The molecule has 9 heteroatoms. The quantitative estimate of drug-likeness (QED) is 0.528. The number of hydrogen-bond donors (Lipinski definition) is 1. The summed E-state index contributed by atoms with van der Waals surface area (Å²) in [7, 11) is -1.53. The van der Waals surface area contributed by atoms with Gasteiger partial charge in [-0.2, -0.15) is 4.31 Å². The summed E-state index contributed by atoms with van der Waals surface area (Å²) in [6.45, 7) is 2.95. The van der Waals surface area contributed by atoms with Gasteiger partial charge < -0.3 is 9.88 Å². The minimum atomic E-state index is -3.46. The summed E-state index contributed by atoms with van der Waals surface area (Å²) in [4.78, 5) is 17.4. The number of sulfonamides is 1. The predicted molar refractivity (Wildman–Crippen MR) is 127 cm³/mol. The molecule has 1 unspecified atom stereocenters. The first-order valence-corrected chi connectivity index (χ1v) is 12.8. The van der Waals surface area contributed by atoms with Crippen LogP contribution in [0.1, 0.15) is 19.8 Å². The molecule has 1 N–H and O–H groups in total. The molecule has 3 aromatic rings. The fourth-order valence-corrected chi connectivity index (χ4v) is 5.99. The molecule has 1 fully saturated rings. The maximum Gasteiger partial charge on any atom is 0.243 e. The van der Waals surface area contributed by atoms with E-state index in [2.05, 4.69) is 10.3 Å². The number of aromatic nitrogens is 2. The number of benzene rings is 2. The van der Waals surface area contributed by atoms with Crippen LogP contribution in [0.5, 0.6) is 0 Å². The number of carbonyl (C=O) groups excluding carboxylic acids is 1. The van der Waals surface area contributed by atoms with Gasteiger partial charge in [-0.1, -0.05) is 42.1 Å². The van der Waals surface area contributed by atoms with Gasteiger partial charge in [0.05, 0.1) is 22.0 Å². The molecule has 7 nitrogen and oxygen atoms in total. The number of carbonyl (C=O) groups is 1. The summed E-state index contributed by atoms with van der Waals surface area (Å²) in [6.07, 6.45) is 3.60. The fraction of sp³-hybridized carbons (Fsp3) is 0.304. The molecular formula is C23H26N4O3S2. The summed E-state index contributed by atoms with van der Waals surface area (Å²) >= 11 is 1.37. The second-order valence-corrected chi connectivity index (χ2v) is 11.0. The van der Waals surface area contributed by atoms with Gasteiger partial charge in [0.25, 0.3) is 0 Å². The molecule has 32 heavy (non-hydrogen) atoms. The van der Waals surface area contributed by atoms with Crippen molar-refractivity contribution in [2.45, 2.75) is 35.1 Å². The number of nitrogens with zero attached hydrogens (tertiary/aromatic N) is 3. The largest absolute Gasteiger partial charge is 0.325 e. The molecular weight excluding hydrogens is 444 g/mol. The molecule has 4 rings (SSSR count). The lowest BCUT2D eigenvalue weighted by Gasteiger charge is -2.16. The number of nitrogens with one attached hydrogen (secondary N) is 1. The molecule has 0 radical (unpaired) electrons. The van der Waals surface area contributed by atoms with E-state index in [9.17, 15) is 13.2 Å². The molecule has 1 saturated heterocycles. The van der Waals surface area contributed by atoms with Crippen LogP contribution in [-0.2, 0) is 21.9 Å². The van der Waals surface area contributed by atoms with Crippen LogP contribution in [0.3, 0.4) is 0 Å². The van der Waals surface area contributed by atoms with E-state index >= 15 is 0 Å². The van der Waals surface area contributed by atoms with E-state index in [1.165, 1.54) is 16.1 Å². The Morgan fingerprint density at radius 1 is 1.06 bits per heavy atom. The Hall–Kier alpha value is -2.62. The first kappa shape index (κ1) is 22.6. The Labute approximate surface area is 192 Å². The Kier molecular flexibility index (Phi) is 6.68. The van der Waals surface area contributed by atoms with Gasteiger partial charge in [-0.15, -0.1) is 0 Å². The van der Waals surface area contributed by atoms with Gasteiger partial charge in [0.2, 0.25) is 15.9 Å². The molecule has 2 aromatic carbocycles. The summed E-state index contributed by atoms with van der Waals surface area (Å²) < 4.78 is 28.8. The Balaban J connectivity index is 1.39. The number of hydrogen-bond acceptors (Lipinski definition) is 5. The molecule has 1 aliphatic rings. The number of imidazole rings is 1. The highest BCUT2D eigenvalue weighted by atomic mass is 32.2. The fourth-order valence-electron chi connectivity index (χ4n) is 3.62. The van der Waals surface area contributed by atoms with Gasteiger partial charge in [0.15, 0.2) is 5.16 Å². The highest BCUT2D eigenvalue weighted by Crippen LogP contribution is 2.28. The average Bonchev–Trinajstić information content (AvgIpc) is 3.46. The Morgan fingerprint density at radius 3 is 2.38 bits per heavy atom. The van der Waals surface area contributed by atoms with Crippen molar-refractivity contribution < 1.29 is 13.2 Å². The maximum atomic E-state index is 12.7. The van der Waals surface area contributed by atoms with Crippen molar-refractivity contribution >= 4 is 33.4 Å². The third-order valence-electron chi connectivity index (χ3n) is 5.49. The SMILES string of the molecule is CC(Sc1ncc(-c2ccccc2)n1C)C(=O)Nc1ccc(S(=O)(=O)N2CCCC2)cc1. The van der Waals surface area contributed by atoms with Crippen molar-refractivity contribution in [3.8, 4) is 11.3 Å². The van der Waals surface area contributed by atoms with E-state index in [0.29, 0.717) is 18.8 Å². The van der Waals surface area contributed by atoms with Gasteiger partial charge >= 0.3 is 0 Å². The second-order valence-electron chi connectivity index (χ2n) is 7.74. The molecule has 2 heterocycles. The first-order valence-electron chi connectivity index (χ1n) is 10.5. The van der Waals surface area contributed by atoms with Crippen LogP contribution in [0.15, 0.2) is 70.8 Å². The lowest BCUT2D eigenvalue weighted by Crippen LogP contribution is -2.27. The van der Waals surface area contributed by atoms with Crippen molar-refractivity contribution in [2.75, 3.05) is 18.4 Å². The van der Waals surface area contributed by atoms with E-state index < -0.39 is 10.0 Å². The van der Waals surface area contributed by atoms with Gasteiger partial charge in [0, 0.05) is 25.8 Å². The molecule has 0 aliphatic carbocycles. The average molecular weight is 471 g/mol. The second kappa shape index (κ2) is 9.48. The normalized spacial score (nSPS) is 15.6. The van der Waals surface area contributed by atoms with E-state index in [1.807, 2.05) is 55.1 Å². The van der Waals surface area contributed by atoms with E-state index in [-0.39, 0.29) is 16.1 Å². The number of anilines is 1. The van der Waals surface area contributed by atoms with Crippen LogP contribution in [0.4, 0.5) is 5.69 Å². The van der Waals surface area contributed by atoms with Crippen LogP contribution in [-0.4, -0.2) is 46.5 Å². The van der Waals surface area contributed by atoms with Gasteiger partial charge in [-0.05, 0) is 49.6 Å². The van der Waals surface area contributed by atoms with Crippen LogP contribution in [0, 0.1) is 0 Å². The molecule has 1 aromatic heterocycles. The van der Waals surface area contributed by atoms with E-state index in [1.54, 1.807) is 24.3 Å². The van der Waals surface area contributed by atoms with Crippen molar-refractivity contribution in [1.82, 2.24) is 13.9 Å². The zero-order valence-electron chi connectivity index (χ0n) is 18.1. The Bertz CT molecular complexity index is 1190. The van der Waals surface area contributed by atoms with E-state index in [0.717, 1.165) is 29.3 Å². The molecule has 0 spiro atoms. The zero-order chi connectivity index (χ0) is 22.7. The monoisotopic (exact) mass is 470 g/mol. The number of amides is 1. The highest BCUT2D eigenvalue weighted by Gasteiger charge is 2.27. The maximum absolute atomic E-state index is 12.7. The summed E-state index contributed by atoms with van der Waals surface area (Å²) in [5.74, 6) is -0.172. The van der Waals surface area contributed by atoms with Crippen LogP contribution in [0.2, 0.25) is 0 Å². The lowest BCUT2D eigenvalue weighted by molar-refractivity contribution is -0.115. The topological polar surface area (TPSA) is 84.3 Å². The van der Waals surface area contributed by atoms with Crippen molar-refractivity contribution in [1.29, 1.82) is 0 Å². The summed E-state index contributed by atoms with van der Waals surface area (Å²) in [5.41, 5.74) is 2.61. The van der Waals surface area contributed by atoms with Gasteiger partial charge in [0.1, 0.15) is 0 Å². The molecule has 0 bridgehead atoms. The lowest BCUT2D eigenvalue weighted by atomic mass is 10.2. The summed E-state index contributed by atoms with van der Waals surface area (Å²) in [6, 6.07) is 16.3. The molecule has 1 amide bonds. The Morgan fingerprint density at radius 2 is 1.72 bits per heavy atom. The molecule has 168 valence electrons. The van der Waals surface area contributed by atoms with Crippen molar-refractivity contribution in [3.63, 3.8) is 0 Å². The molecule has 0 saturated carbocycles. The minimum absolute atomic E-state index is 0.172. The third-order valence-corrected chi connectivity index (χ3v) is 8.56. The first-order chi connectivity index (χ1) is 15.4. The number of thioether (sulfide) groups is 1. The smallest absolute Gasteiger partial charge is 0.243 e. The van der Waals surface area contributed by atoms with Gasteiger partial charge in [-0.25, -0.2) is 13.4 Å². The predicted octanol–water partition coefficient (Wildman–Crippen LogP) is 3.99. The summed E-state index contributed by atoms with van der Waals surface area (Å²) in [5, 5.41) is 3.23. The van der Waals surface area contributed by atoms with E-state index in [4.69, 9.17) is 0 Å². The van der Waals surface area contributed by atoms with Crippen LogP contribution >= 0.6 is 11.8 Å². The molecule has 1 atom stereocenters. The minimum Gasteiger partial charge on any atom is -0.325 e. The zero-order valence-corrected chi connectivity index (χ0v) is 19.7. The standard InChI is InChI=1S/C23H26N4O3S2/c1-17(31-23-24-16-21(26(23)2)18-8-4-3-5-9-18)22(28)25-19-10-12-20(13-11-19)32(29,30)27-14-6-7-15-27/h3-5,8-13,16-17H,6-7,14-15H2,1-2H3,(H,25,28). The third kappa shape index (κ3) is 4.74.